The van der Waals surface area contributed by atoms with Gasteiger partial charge in [-0.25, -0.2) is 13.6 Å². The molecule has 0 fully saturated rings. The first kappa shape index (κ1) is 14.4. The number of urea groups is 1. The van der Waals surface area contributed by atoms with Crippen LogP contribution in [0, 0.1) is 11.6 Å². The maximum atomic E-state index is 13.3. The molecule has 1 unspecified atom stereocenters. The summed E-state index contributed by atoms with van der Waals surface area (Å²) < 4.78 is 26.0. The van der Waals surface area contributed by atoms with Crippen molar-refractivity contribution in [2.75, 3.05) is 7.05 Å². The van der Waals surface area contributed by atoms with Crippen molar-refractivity contribution < 1.29 is 18.4 Å². The van der Waals surface area contributed by atoms with E-state index in [-0.39, 0.29) is 4.90 Å². The number of amides is 3. The summed E-state index contributed by atoms with van der Waals surface area (Å²) in [5, 5.41) is 3.63. The zero-order valence-electron chi connectivity index (χ0n) is 9.79. The van der Waals surface area contributed by atoms with Gasteiger partial charge in [-0.2, -0.15) is 0 Å². The first-order valence-corrected chi connectivity index (χ1v) is 5.96. The highest BCUT2D eigenvalue weighted by Crippen LogP contribution is 2.26. The number of nitrogens with one attached hydrogen (secondary N) is 2. The fourth-order valence-electron chi connectivity index (χ4n) is 1.09. The number of hydrogen-bond donors (Lipinski definition) is 2. The molecular weight excluding hydrogens is 262 g/mol. The fraction of sp³-hybridized carbons (Fsp3) is 0.273. The van der Waals surface area contributed by atoms with Crippen LogP contribution >= 0.6 is 11.8 Å². The molecule has 4 nitrogen and oxygen atoms in total. The van der Waals surface area contributed by atoms with Gasteiger partial charge in [0.15, 0.2) is 0 Å². The van der Waals surface area contributed by atoms with Crippen LogP contribution in [0.5, 0.6) is 0 Å². The molecule has 0 aliphatic carbocycles. The third-order valence-electron chi connectivity index (χ3n) is 2.03. The molecule has 98 valence electrons. The molecule has 0 aliphatic heterocycles. The number of halogens is 2. The van der Waals surface area contributed by atoms with Gasteiger partial charge in [0.25, 0.3) is 0 Å². The molecular formula is C11H12F2N2O2S. The molecule has 1 atom stereocenters. The van der Waals surface area contributed by atoms with Crippen molar-refractivity contribution in [3.05, 3.63) is 29.8 Å². The maximum absolute atomic E-state index is 13.3. The standard InChI is InChI=1S/C11H12F2N2O2S/c1-6(10(16)15-11(17)14-2)18-9-4-3-7(12)5-8(9)13/h3-6H,1-2H3,(H2,14,15,16,17). The van der Waals surface area contributed by atoms with Crippen molar-refractivity contribution in [2.24, 2.45) is 0 Å². The highest BCUT2D eigenvalue weighted by molar-refractivity contribution is 8.00. The van der Waals surface area contributed by atoms with Gasteiger partial charge in [0.05, 0.1) is 5.25 Å². The van der Waals surface area contributed by atoms with Crippen molar-refractivity contribution in [1.29, 1.82) is 0 Å². The molecule has 18 heavy (non-hydrogen) atoms. The summed E-state index contributed by atoms with van der Waals surface area (Å²) in [6.07, 6.45) is 0. The zero-order valence-corrected chi connectivity index (χ0v) is 10.6. The molecule has 0 spiro atoms. The van der Waals surface area contributed by atoms with Crippen LogP contribution in [-0.4, -0.2) is 24.2 Å². The number of imide groups is 1. The van der Waals surface area contributed by atoms with E-state index >= 15 is 0 Å². The second-order valence-corrected chi connectivity index (χ2v) is 4.79. The molecule has 0 saturated heterocycles. The van der Waals surface area contributed by atoms with Crippen molar-refractivity contribution in [2.45, 2.75) is 17.1 Å². The van der Waals surface area contributed by atoms with E-state index in [4.69, 9.17) is 0 Å². The van der Waals surface area contributed by atoms with E-state index in [0.29, 0.717) is 0 Å². The predicted molar refractivity (Wildman–Crippen MR) is 64.3 cm³/mol. The lowest BCUT2D eigenvalue weighted by Gasteiger charge is -2.11. The Hall–Kier alpha value is -1.63. The Labute approximate surface area is 107 Å². The minimum atomic E-state index is -0.736. The van der Waals surface area contributed by atoms with Crippen molar-refractivity contribution in [3.63, 3.8) is 0 Å². The van der Waals surface area contributed by atoms with Gasteiger partial charge in [-0.1, -0.05) is 0 Å². The van der Waals surface area contributed by atoms with E-state index in [9.17, 15) is 18.4 Å². The van der Waals surface area contributed by atoms with E-state index in [0.717, 1.165) is 23.9 Å². The normalized spacial score (nSPS) is 11.8. The molecule has 2 N–H and O–H groups in total. The van der Waals surface area contributed by atoms with Crippen LogP contribution in [0.15, 0.2) is 23.1 Å². The van der Waals surface area contributed by atoms with Crippen molar-refractivity contribution in [3.8, 4) is 0 Å². The van der Waals surface area contributed by atoms with Gasteiger partial charge in [0.1, 0.15) is 11.6 Å². The second-order valence-electron chi connectivity index (χ2n) is 3.40. The summed E-state index contributed by atoms with van der Waals surface area (Å²) >= 11 is 0.906. The Balaban J connectivity index is 2.66. The second kappa shape index (κ2) is 6.34. The number of rotatable bonds is 3. The monoisotopic (exact) mass is 274 g/mol. The van der Waals surface area contributed by atoms with E-state index in [1.54, 1.807) is 0 Å². The molecule has 1 aromatic carbocycles. The molecule has 0 heterocycles. The number of benzene rings is 1. The van der Waals surface area contributed by atoms with Gasteiger partial charge in [-0.05, 0) is 19.1 Å². The summed E-state index contributed by atoms with van der Waals surface area (Å²) in [6, 6.07) is 2.46. The average molecular weight is 274 g/mol. The van der Waals surface area contributed by atoms with Crippen LogP contribution in [0.4, 0.5) is 13.6 Å². The summed E-state index contributed by atoms with van der Waals surface area (Å²) in [5.74, 6) is -1.97. The average Bonchev–Trinajstić information content (AvgIpc) is 2.32. The van der Waals surface area contributed by atoms with Crippen LogP contribution in [0.2, 0.25) is 0 Å². The predicted octanol–water partition coefficient (Wildman–Crippen LogP) is 1.90. The number of thioether (sulfide) groups is 1. The Kier molecular flexibility index (Phi) is 5.08. The van der Waals surface area contributed by atoms with Crippen LogP contribution in [0.3, 0.4) is 0 Å². The third-order valence-corrected chi connectivity index (χ3v) is 3.18. The molecule has 0 aliphatic rings. The summed E-state index contributed by atoms with van der Waals surface area (Å²) in [6.45, 7) is 1.52. The Morgan fingerprint density at radius 2 is 2.00 bits per heavy atom. The van der Waals surface area contributed by atoms with Gasteiger partial charge in [0, 0.05) is 18.0 Å². The number of carbonyl (C=O) groups excluding carboxylic acids is 2. The quantitative estimate of drug-likeness (QED) is 0.828. The van der Waals surface area contributed by atoms with Gasteiger partial charge in [0.2, 0.25) is 5.91 Å². The first-order chi connectivity index (χ1) is 8.43. The topological polar surface area (TPSA) is 58.2 Å². The molecule has 1 rings (SSSR count). The molecule has 3 amide bonds. The molecule has 0 aromatic heterocycles. The highest BCUT2D eigenvalue weighted by atomic mass is 32.2. The zero-order chi connectivity index (χ0) is 13.7. The van der Waals surface area contributed by atoms with Gasteiger partial charge in [-0.3, -0.25) is 10.1 Å². The van der Waals surface area contributed by atoms with Crippen molar-refractivity contribution in [1.82, 2.24) is 10.6 Å². The molecule has 0 radical (unpaired) electrons. The Bertz CT molecular complexity index is 468. The van der Waals surface area contributed by atoms with Gasteiger partial charge >= 0.3 is 6.03 Å². The highest BCUT2D eigenvalue weighted by Gasteiger charge is 2.18. The van der Waals surface area contributed by atoms with E-state index in [2.05, 4.69) is 10.6 Å². The fourth-order valence-corrected chi connectivity index (χ4v) is 1.96. The van der Waals surface area contributed by atoms with E-state index in [1.807, 2.05) is 0 Å². The first-order valence-electron chi connectivity index (χ1n) is 5.08. The molecule has 1 aromatic rings. The molecule has 0 saturated carbocycles. The minimum Gasteiger partial charge on any atom is -0.341 e. The minimum absolute atomic E-state index is 0.149. The lowest BCUT2D eigenvalue weighted by molar-refractivity contribution is -0.119. The summed E-state index contributed by atoms with van der Waals surface area (Å²) in [7, 11) is 1.38. The maximum Gasteiger partial charge on any atom is 0.321 e. The van der Waals surface area contributed by atoms with E-state index in [1.165, 1.54) is 20.0 Å². The van der Waals surface area contributed by atoms with Gasteiger partial charge in [-0.15, -0.1) is 11.8 Å². The number of carbonyl (C=O) groups is 2. The third kappa shape index (κ3) is 3.99. The summed E-state index contributed by atoms with van der Waals surface area (Å²) in [4.78, 5) is 22.6. The largest absolute Gasteiger partial charge is 0.341 e. The van der Waals surface area contributed by atoms with Gasteiger partial charge < -0.3 is 5.32 Å². The summed E-state index contributed by atoms with van der Waals surface area (Å²) in [5.41, 5.74) is 0. The SMILES string of the molecule is CNC(=O)NC(=O)C(C)Sc1ccc(F)cc1F. The lowest BCUT2D eigenvalue weighted by atomic mass is 10.3. The Morgan fingerprint density at radius 1 is 1.33 bits per heavy atom. The van der Waals surface area contributed by atoms with Crippen molar-refractivity contribution >= 4 is 23.7 Å². The molecule has 7 heteroatoms. The smallest absolute Gasteiger partial charge is 0.321 e. The van der Waals surface area contributed by atoms with Crippen LogP contribution in [-0.2, 0) is 4.79 Å². The van der Waals surface area contributed by atoms with E-state index < -0.39 is 28.8 Å². The Morgan fingerprint density at radius 3 is 2.56 bits per heavy atom. The lowest BCUT2D eigenvalue weighted by Crippen LogP contribution is -2.41. The number of hydrogen-bond acceptors (Lipinski definition) is 3. The van der Waals surface area contributed by atoms with Crippen LogP contribution < -0.4 is 10.6 Å². The molecule has 0 bridgehead atoms. The van der Waals surface area contributed by atoms with Crippen LogP contribution in [0.1, 0.15) is 6.92 Å². The van der Waals surface area contributed by atoms with Crippen LogP contribution in [0.25, 0.3) is 0 Å².